The van der Waals surface area contributed by atoms with Gasteiger partial charge < -0.3 is 20.9 Å². The minimum absolute atomic E-state index is 0.0244. The van der Waals surface area contributed by atoms with Crippen LogP contribution in [0.25, 0.3) is 0 Å². The molecule has 0 radical (unpaired) electrons. The van der Waals surface area contributed by atoms with Crippen molar-refractivity contribution in [3.05, 3.63) is 17.3 Å². The minimum Gasteiger partial charge on any atom is -0.397 e. The van der Waals surface area contributed by atoms with Crippen molar-refractivity contribution < 1.29 is 9.84 Å². The number of nitrogens with one attached hydrogen (secondary N) is 1. The van der Waals surface area contributed by atoms with E-state index in [1.54, 1.807) is 13.2 Å². The molecule has 1 aromatic rings. The standard InChI is InChI=1S/C10H16ClN3O2/c1-16-6-8(2-3-15)14-10-9(11)4-7(12)5-13-10/h4-5,8,15H,2-3,6,12H2,1H3,(H,13,14). The Morgan fingerprint density at radius 2 is 2.44 bits per heavy atom. The molecule has 0 saturated carbocycles. The molecule has 0 aromatic carbocycles. The summed E-state index contributed by atoms with van der Waals surface area (Å²) in [7, 11) is 1.60. The lowest BCUT2D eigenvalue weighted by Gasteiger charge is -2.18. The van der Waals surface area contributed by atoms with Crippen LogP contribution in [0, 0.1) is 0 Å². The van der Waals surface area contributed by atoms with E-state index in [4.69, 9.17) is 27.2 Å². The number of nitrogens with zero attached hydrogens (tertiary/aromatic N) is 1. The van der Waals surface area contributed by atoms with E-state index in [0.29, 0.717) is 29.6 Å². The molecule has 0 amide bonds. The fourth-order valence-electron chi connectivity index (χ4n) is 1.31. The van der Waals surface area contributed by atoms with Gasteiger partial charge >= 0.3 is 0 Å². The molecule has 0 bridgehead atoms. The Kier molecular flexibility index (Phi) is 5.31. The number of nitrogens with two attached hydrogens (primary N) is 1. The van der Waals surface area contributed by atoms with E-state index in [0.717, 1.165) is 0 Å². The van der Waals surface area contributed by atoms with Gasteiger partial charge in [-0.25, -0.2) is 4.98 Å². The first-order valence-electron chi connectivity index (χ1n) is 4.94. The molecule has 1 rings (SSSR count). The fraction of sp³-hybridized carbons (Fsp3) is 0.500. The number of hydrogen-bond acceptors (Lipinski definition) is 5. The summed E-state index contributed by atoms with van der Waals surface area (Å²) < 4.78 is 5.02. The topological polar surface area (TPSA) is 80.4 Å². The number of nitrogen functional groups attached to an aromatic ring is 1. The zero-order valence-corrected chi connectivity index (χ0v) is 9.87. The maximum Gasteiger partial charge on any atom is 0.145 e. The number of halogens is 1. The van der Waals surface area contributed by atoms with Gasteiger partial charge in [0.05, 0.1) is 29.6 Å². The highest BCUT2D eigenvalue weighted by Crippen LogP contribution is 2.22. The second-order valence-corrected chi connectivity index (χ2v) is 3.82. The number of aliphatic hydroxyl groups excluding tert-OH is 1. The van der Waals surface area contributed by atoms with Crippen molar-refractivity contribution >= 4 is 23.1 Å². The van der Waals surface area contributed by atoms with Gasteiger partial charge in [-0.2, -0.15) is 0 Å². The van der Waals surface area contributed by atoms with Gasteiger partial charge in [-0.3, -0.25) is 0 Å². The van der Waals surface area contributed by atoms with Crippen LogP contribution in [0.15, 0.2) is 12.3 Å². The van der Waals surface area contributed by atoms with Crippen LogP contribution < -0.4 is 11.1 Å². The molecule has 0 fully saturated rings. The molecular formula is C10H16ClN3O2. The predicted molar refractivity (Wildman–Crippen MR) is 64.6 cm³/mol. The molecule has 16 heavy (non-hydrogen) atoms. The van der Waals surface area contributed by atoms with E-state index in [1.807, 2.05) is 0 Å². The summed E-state index contributed by atoms with van der Waals surface area (Å²) in [6.45, 7) is 0.552. The van der Waals surface area contributed by atoms with Crippen molar-refractivity contribution in [2.24, 2.45) is 0 Å². The molecular weight excluding hydrogens is 230 g/mol. The van der Waals surface area contributed by atoms with Crippen LogP contribution in [-0.4, -0.2) is 36.5 Å². The number of pyridine rings is 1. The normalized spacial score (nSPS) is 12.4. The molecule has 0 aliphatic heterocycles. The Morgan fingerprint density at radius 1 is 1.69 bits per heavy atom. The molecule has 1 aromatic heterocycles. The SMILES string of the molecule is COCC(CCO)Nc1ncc(N)cc1Cl. The van der Waals surface area contributed by atoms with Gasteiger partial charge in [-0.15, -0.1) is 0 Å². The molecule has 90 valence electrons. The Bertz CT molecular complexity index is 330. The van der Waals surface area contributed by atoms with E-state index < -0.39 is 0 Å². The lowest BCUT2D eigenvalue weighted by Crippen LogP contribution is -2.26. The highest BCUT2D eigenvalue weighted by molar-refractivity contribution is 6.33. The number of rotatable bonds is 6. The summed E-state index contributed by atoms with van der Waals surface area (Å²) in [5.74, 6) is 0.548. The predicted octanol–water partition coefficient (Wildman–Crippen LogP) is 1.13. The molecule has 4 N–H and O–H groups in total. The first-order valence-corrected chi connectivity index (χ1v) is 5.32. The van der Waals surface area contributed by atoms with Crippen molar-refractivity contribution in [3.8, 4) is 0 Å². The zero-order chi connectivity index (χ0) is 12.0. The molecule has 0 spiro atoms. The van der Waals surface area contributed by atoms with Gasteiger partial charge in [-0.1, -0.05) is 11.6 Å². The second-order valence-electron chi connectivity index (χ2n) is 3.41. The third-order valence-corrected chi connectivity index (χ3v) is 2.34. The Morgan fingerprint density at radius 3 is 3.00 bits per heavy atom. The van der Waals surface area contributed by atoms with Crippen LogP contribution >= 0.6 is 11.6 Å². The van der Waals surface area contributed by atoms with Gasteiger partial charge in [0, 0.05) is 13.7 Å². The van der Waals surface area contributed by atoms with Crippen LogP contribution in [0.5, 0.6) is 0 Å². The van der Waals surface area contributed by atoms with Crippen LogP contribution in [0.1, 0.15) is 6.42 Å². The third kappa shape index (κ3) is 3.84. The largest absolute Gasteiger partial charge is 0.397 e. The van der Waals surface area contributed by atoms with Gasteiger partial charge in [0.2, 0.25) is 0 Å². The Labute approximate surface area is 99.6 Å². The average molecular weight is 246 g/mol. The summed E-state index contributed by atoms with van der Waals surface area (Å²) >= 11 is 5.97. The number of methoxy groups -OCH3 is 1. The summed E-state index contributed by atoms with van der Waals surface area (Å²) in [5, 5.41) is 12.4. The molecule has 0 saturated heterocycles. The van der Waals surface area contributed by atoms with Gasteiger partial charge in [0.25, 0.3) is 0 Å². The van der Waals surface area contributed by atoms with Crippen molar-refractivity contribution in [1.29, 1.82) is 0 Å². The second kappa shape index (κ2) is 6.52. The molecule has 0 aliphatic rings. The van der Waals surface area contributed by atoms with Crippen LogP contribution in [0.3, 0.4) is 0 Å². The highest BCUT2D eigenvalue weighted by atomic mass is 35.5. The highest BCUT2D eigenvalue weighted by Gasteiger charge is 2.10. The maximum absolute atomic E-state index is 8.89. The number of aromatic nitrogens is 1. The van der Waals surface area contributed by atoms with Crippen molar-refractivity contribution in [3.63, 3.8) is 0 Å². The average Bonchev–Trinajstić information content (AvgIpc) is 2.23. The molecule has 1 atom stereocenters. The zero-order valence-electron chi connectivity index (χ0n) is 9.11. The molecule has 6 heteroatoms. The lowest BCUT2D eigenvalue weighted by atomic mass is 10.2. The Hall–Kier alpha value is -1.04. The van der Waals surface area contributed by atoms with E-state index in [2.05, 4.69) is 10.3 Å². The molecule has 1 unspecified atom stereocenters. The van der Waals surface area contributed by atoms with Gasteiger partial charge in [0.1, 0.15) is 5.82 Å². The summed E-state index contributed by atoms with van der Waals surface area (Å²) in [4.78, 5) is 4.08. The minimum atomic E-state index is -0.0244. The molecule has 5 nitrogen and oxygen atoms in total. The molecule has 1 heterocycles. The fourth-order valence-corrected chi connectivity index (χ4v) is 1.54. The smallest absolute Gasteiger partial charge is 0.145 e. The third-order valence-electron chi connectivity index (χ3n) is 2.05. The summed E-state index contributed by atoms with van der Waals surface area (Å²) in [5.41, 5.74) is 6.05. The van der Waals surface area contributed by atoms with Gasteiger partial charge in [0.15, 0.2) is 0 Å². The van der Waals surface area contributed by atoms with Crippen LogP contribution in [0.4, 0.5) is 11.5 Å². The van der Waals surface area contributed by atoms with Crippen LogP contribution in [-0.2, 0) is 4.74 Å². The van der Waals surface area contributed by atoms with E-state index in [-0.39, 0.29) is 12.6 Å². The quantitative estimate of drug-likeness (QED) is 0.700. The number of aliphatic hydroxyl groups is 1. The van der Waals surface area contributed by atoms with E-state index >= 15 is 0 Å². The number of hydrogen-bond donors (Lipinski definition) is 3. The monoisotopic (exact) mass is 245 g/mol. The maximum atomic E-state index is 8.89. The molecule has 0 aliphatic carbocycles. The van der Waals surface area contributed by atoms with Crippen LogP contribution in [0.2, 0.25) is 5.02 Å². The van der Waals surface area contributed by atoms with Crippen molar-refractivity contribution in [2.75, 3.05) is 31.4 Å². The first kappa shape index (κ1) is 13.0. The number of anilines is 2. The van der Waals surface area contributed by atoms with Gasteiger partial charge in [-0.05, 0) is 12.5 Å². The summed E-state index contributed by atoms with van der Waals surface area (Å²) in [6.07, 6.45) is 2.09. The number of ether oxygens (including phenoxy) is 1. The van der Waals surface area contributed by atoms with E-state index in [1.165, 1.54) is 6.20 Å². The van der Waals surface area contributed by atoms with Crippen molar-refractivity contribution in [1.82, 2.24) is 4.98 Å². The lowest BCUT2D eigenvalue weighted by molar-refractivity contribution is 0.170. The van der Waals surface area contributed by atoms with E-state index in [9.17, 15) is 0 Å². The van der Waals surface area contributed by atoms with Crippen molar-refractivity contribution in [2.45, 2.75) is 12.5 Å². The summed E-state index contributed by atoms with van der Waals surface area (Å²) in [6, 6.07) is 1.60. The first-order chi connectivity index (χ1) is 7.67. The Balaban J connectivity index is 2.68.